The van der Waals surface area contributed by atoms with E-state index in [1.165, 1.54) is 0 Å². The summed E-state index contributed by atoms with van der Waals surface area (Å²) in [5, 5.41) is 2.86. The number of benzene rings is 3. The van der Waals surface area contributed by atoms with E-state index in [1.54, 1.807) is 48.5 Å². The minimum atomic E-state index is -3.84. The molecule has 0 spiro atoms. The van der Waals surface area contributed by atoms with Gasteiger partial charge < -0.3 is 13.8 Å². The van der Waals surface area contributed by atoms with Crippen LogP contribution in [0, 0.1) is 13.8 Å². The second-order valence-corrected chi connectivity index (χ2v) is 9.07. The van der Waals surface area contributed by atoms with Crippen LogP contribution >= 0.6 is 7.75 Å². The maximum absolute atomic E-state index is 13.6. The van der Waals surface area contributed by atoms with Crippen molar-refractivity contribution in [2.75, 3.05) is 11.7 Å². The third-order valence-corrected chi connectivity index (χ3v) is 6.05. The van der Waals surface area contributed by atoms with Gasteiger partial charge in [-0.1, -0.05) is 48.7 Å². The molecule has 32 heavy (non-hydrogen) atoms. The molecule has 1 N–H and O–H groups in total. The first-order chi connectivity index (χ1) is 15.4. The summed E-state index contributed by atoms with van der Waals surface area (Å²) >= 11 is 0. The van der Waals surface area contributed by atoms with E-state index in [2.05, 4.69) is 5.09 Å². The van der Waals surface area contributed by atoms with Crippen molar-refractivity contribution in [3.63, 3.8) is 0 Å². The summed E-state index contributed by atoms with van der Waals surface area (Å²) in [6.07, 6.45) is 1.77. The molecule has 168 valence electrons. The third-order valence-electron chi connectivity index (χ3n) is 4.61. The topological polar surface area (TPSA) is 73.9 Å². The fourth-order valence-corrected chi connectivity index (χ4v) is 4.16. The minimum absolute atomic E-state index is 0.388. The van der Waals surface area contributed by atoms with E-state index in [9.17, 15) is 9.36 Å². The van der Waals surface area contributed by atoms with Crippen molar-refractivity contribution in [3.8, 4) is 11.5 Å². The van der Waals surface area contributed by atoms with Gasteiger partial charge in [-0.3, -0.25) is 5.09 Å². The Labute approximate surface area is 189 Å². The zero-order valence-electron chi connectivity index (χ0n) is 18.5. The maximum atomic E-state index is 13.6. The number of anilines is 1. The van der Waals surface area contributed by atoms with E-state index in [-0.39, 0.29) is 5.97 Å². The zero-order chi connectivity index (χ0) is 23.0. The van der Waals surface area contributed by atoms with E-state index in [0.29, 0.717) is 29.4 Å². The van der Waals surface area contributed by atoms with E-state index in [0.717, 1.165) is 24.0 Å². The van der Waals surface area contributed by atoms with Crippen molar-refractivity contribution >= 4 is 19.4 Å². The molecular formula is C25H28NO5P. The number of carbonyl (C=O) groups is 1. The number of hydrogen-bond acceptors (Lipinski definition) is 5. The first kappa shape index (κ1) is 23.4. The number of carbonyl (C=O) groups excluding carboxylic acids is 1. The van der Waals surface area contributed by atoms with Gasteiger partial charge in [-0.05, 0) is 68.8 Å². The Morgan fingerprint density at radius 1 is 0.812 bits per heavy atom. The largest absolute Gasteiger partial charge is 0.541 e. The molecule has 3 aromatic rings. The fraction of sp³-hybridized carbons (Fsp3) is 0.240. The van der Waals surface area contributed by atoms with Crippen LogP contribution in [0.3, 0.4) is 0 Å². The molecule has 0 radical (unpaired) electrons. The van der Waals surface area contributed by atoms with Gasteiger partial charge in [0, 0.05) is 5.69 Å². The number of unbranched alkanes of at least 4 members (excludes halogenated alkanes) is 1. The first-order valence-electron chi connectivity index (χ1n) is 10.5. The van der Waals surface area contributed by atoms with Crippen molar-refractivity contribution < 1.29 is 23.1 Å². The lowest BCUT2D eigenvalue weighted by Gasteiger charge is -2.21. The summed E-state index contributed by atoms with van der Waals surface area (Å²) < 4.78 is 30.4. The monoisotopic (exact) mass is 453 g/mol. The summed E-state index contributed by atoms with van der Waals surface area (Å²) in [5.41, 5.74) is 3.01. The molecule has 0 heterocycles. The zero-order valence-corrected chi connectivity index (χ0v) is 19.4. The molecule has 0 saturated heterocycles. The van der Waals surface area contributed by atoms with Crippen molar-refractivity contribution in [3.05, 3.63) is 89.5 Å². The van der Waals surface area contributed by atoms with Gasteiger partial charge >= 0.3 is 13.7 Å². The Balaban J connectivity index is 1.78. The number of ether oxygens (including phenoxy) is 1. The van der Waals surface area contributed by atoms with Gasteiger partial charge in [0.2, 0.25) is 0 Å². The molecule has 0 unspecified atom stereocenters. The molecule has 6 nitrogen and oxygen atoms in total. The molecule has 0 bridgehead atoms. The number of esters is 1. The van der Waals surface area contributed by atoms with Crippen LogP contribution in [0.1, 0.15) is 41.3 Å². The van der Waals surface area contributed by atoms with Crippen LogP contribution in [-0.2, 0) is 9.30 Å². The molecule has 0 aliphatic carbocycles. The van der Waals surface area contributed by atoms with E-state index in [4.69, 9.17) is 13.8 Å². The Hall–Kier alpha value is -3.24. The molecule has 0 fully saturated rings. The van der Waals surface area contributed by atoms with Crippen molar-refractivity contribution in [2.45, 2.75) is 33.6 Å². The highest BCUT2D eigenvalue weighted by atomic mass is 31.2. The van der Waals surface area contributed by atoms with Crippen molar-refractivity contribution in [2.24, 2.45) is 0 Å². The summed E-state index contributed by atoms with van der Waals surface area (Å²) in [6, 6.07) is 20.9. The highest BCUT2D eigenvalue weighted by Crippen LogP contribution is 2.48. The Bertz CT molecular complexity index is 1010. The molecule has 0 amide bonds. The molecule has 0 aromatic heterocycles. The number of nitrogens with one attached hydrogen (secondary N) is 1. The van der Waals surface area contributed by atoms with E-state index >= 15 is 0 Å². The molecule has 0 atom stereocenters. The SMILES string of the molecule is CCCCOC(=O)c1ccc(NP(=O)(Oc2ccc(C)cc2)Oc2ccc(C)cc2)cc1. The van der Waals surface area contributed by atoms with Crippen molar-refractivity contribution in [1.29, 1.82) is 0 Å². The smallest absolute Gasteiger partial charge is 0.462 e. The second-order valence-electron chi connectivity index (χ2n) is 7.48. The maximum Gasteiger partial charge on any atom is 0.541 e. The van der Waals surface area contributed by atoms with Gasteiger partial charge in [-0.2, -0.15) is 0 Å². The highest BCUT2D eigenvalue weighted by molar-refractivity contribution is 7.56. The van der Waals surface area contributed by atoms with Crippen LogP contribution in [0.15, 0.2) is 72.8 Å². The molecule has 7 heteroatoms. The lowest BCUT2D eigenvalue weighted by Crippen LogP contribution is -2.10. The van der Waals surface area contributed by atoms with Crippen LogP contribution < -0.4 is 14.1 Å². The summed E-state index contributed by atoms with van der Waals surface area (Å²) in [4.78, 5) is 12.1. The summed E-state index contributed by atoms with van der Waals surface area (Å²) in [5.74, 6) is 0.435. The van der Waals surface area contributed by atoms with Gasteiger partial charge in [0.1, 0.15) is 11.5 Å². The third kappa shape index (κ3) is 6.89. The van der Waals surface area contributed by atoms with E-state index < -0.39 is 7.75 Å². The minimum Gasteiger partial charge on any atom is -0.462 e. The fourth-order valence-electron chi connectivity index (χ4n) is 2.77. The highest BCUT2D eigenvalue weighted by Gasteiger charge is 2.29. The van der Waals surface area contributed by atoms with Crippen LogP contribution in [0.25, 0.3) is 0 Å². The molecule has 0 saturated carbocycles. The average Bonchev–Trinajstić information content (AvgIpc) is 2.77. The predicted octanol–water partition coefficient (Wildman–Crippen LogP) is 6.94. The normalized spacial score (nSPS) is 11.0. The van der Waals surface area contributed by atoms with Gasteiger partial charge in [0.05, 0.1) is 12.2 Å². The summed E-state index contributed by atoms with van der Waals surface area (Å²) in [7, 11) is -3.84. The lowest BCUT2D eigenvalue weighted by molar-refractivity contribution is 0.0500. The second kappa shape index (κ2) is 10.9. The predicted molar refractivity (Wildman–Crippen MR) is 126 cm³/mol. The van der Waals surface area contributed by atoms with Gasteiger partial charge in [0.15, 0.2) is 0 Å². The van der Waals surface area contributed by atoms with Crippen LogP contribution in [0.5, 0.6) is 11.5 Å². The Morgan fingerprint density at radius 2 is 1.31 bits per heavy atom. The molecule has 0 aliphatic rings. The first-order valence-corrected chi connectivity index (χ1v) is 12.1. The molecule has 3 rings (SSSR count). The molecule has 0 aliphatic heterocycles. The number of hydrogen-bond donors (Lipinski definition) is 1. The Morgan fingerprint density at radius 3 is 1.78 bits per heavy atom. The standard InChI is InChI=1S/C25H28NO5P/c1-4-5-18-29-25(27)21-10-12-22(13-11-21)26-32(28,30-23-14-6-19(2)7-15-23)31-24-16-8-20(3)9-17-24/h6-17H,4-5,18H2,1-3H3,(H,26,28). The quantitative estimate of drug-likeness (QED) is 0.204. The van der Waals surface area contributed by atoms with Crippen LogP contribution in [0.2, 0.25) is 0 Å². The van der Waals surface area contributed by atoms with Gasteiger partial charge in [-0.25, -0.2) is 9.36 Å². The summed E-state index contributed by atoms with van der Waals surface area (Å²) in [6.45, 7) is 6.34. The van der Waals surface area contributed by atoms with E-state index in [1.807, 2.05) is 45.0 Å². The lowest BCUT2D eigenvalue weighted by atomic mass is 10.2. The van der Waals surface area contributed by atoms with Gasteiger partial charge in [0.25, 0.3) is 0 Å². The number of aryl methyl sites for hydroxylation is 2. The van der Waals surface area contributed by atoms with Crippen LogP contribution in [-0.4, -0.2) is 12.6 Å². The molecule has 3 aromatic carbocycles. The Kier molecular flexibility index (Phi) is 7.96. The van der Waals surface area contributed by atoms with Crippen molar-refractivity contribution in [1.82, 2.24) is 0 Å². The molecular weight excluding hydrogens is 425 g/mol. The number of rotatable bonds is 10. The van der Waals surface area contributed by atoms with Gasteiger partial charge in [-0.15, -0.1) is 0 Å². The van der Waals surface area contributed by atoms with Crippen LogP contribution in [0.4, 0.5) is 5.69 Å². The average molecular weight is 453 g/mol.